The zero-order chi connectivity index (χ0) is 15.5. The Hall–Kier alpha value is -1.33. The summed E-state index contributed by atoms with van der Waals surface area (Å²) in [5.41, 5.74) is 2.23. The number of rotatable bonds is 4. The number of benzene rings is 1. The first-order valence-corrected chi connectivity index (χ1v) is 8.78. The molecule has 2 fully saturated rings. The second kappa shape index (κ2) is 6.84. The third kappa shape index (κ3) is 3.70. The van der Waals surface area contributed by atoms with Crippen molar-refractivity contribution in [1.29, 1.82) is 0 Å². The molecule has 0 bridgehead atoms. The normalized spacial score (nSPS) is 22.5. The van der Waals surface area contributed by atoms with Crippen LogP contribution in [0.25, 0.3) is 0 Å². The van der Waals surface area contributed by atoms with Gasteiger partial charge in [-0.3, -0.25) is 14.5 Å². The lowest BCUT2D eigenvalue weighted by atomic mass is 10.2. The van der Waals surface area contributed by atoms with E-state index in [0.717, 1.165) is 12.2 Å². The molecule has 1 aromatic rings. The van der Waals surface area contributed by atoms with Gasteiger partial charge in [-0.2, -0.15) is 0 Å². The summed E-state index contributed by atoms with van der Waals surface area (Å²) in [6.07, 6.45) is 3.03. The number of carbonyl (C=O) groups excluding carboxylic acids is 2. The molecule has 0 N–H and O–H groups in total. The molecular weight excluding hydrogens is 296 g/mol. The van der Waals surface area contributed by atoms with E-state index in [0.29, 0.717) is 13.0 Å². The minimum atomic E-state index is 0.0856. The van der Waals surface area contributed by atoms with Gasteiger partial charge in [-0.1, -0.05) is 23.9 Å². The topological polar surface area (TPSA) is 40.6 Å². The van der Waals surface area contributed by atoms with Crippen molar-refractivity contribution < 1.29 is 9.59 Å². The van der Waals surface area contributed by atoms with Crippen molar-refractivity contribution in [1.82, 2.24) is 4.90 Å². The molecule has 0 aliphatic carbocycles. The highest BCUT2D eigenvalue weighted by Crippen LogP contribution is 2.29. The molecule has 22 heavy (non-hydrogen) atoms. The minimum absolute atomic E-state index is 0.0856. The number of amides is 1. The van der Waals surface area contributed by atoms with E-state index in [1.165, 1.54) is 43.3 Å². The summed E-state index contributed by atoms with van der Waals surface area (Å²) in [4.78, 5) is 27.7. The van der Waals surface area contributed by atoms with Crippen LogP contribution in [0.2, 0.25) is 0 Å². The molecule has 1 aromatic carbocycles. The maximum atomic E-state index is 12.2. The lowest BCUT2D eigenvalue weighted by Gasteiger charge is -2.19. The fourth-order valence-corrected chi connectivity index (χ4v) is 4.18. The van der Waals surface area contributed by atoms with Crippen LogP contribution in [-0.2, 0) is 16.1 Å². The van der Waals surface area contributed by atoms with Gasteiger partial charge in [0.1, 0.15) is 0 Å². The number of anilines is 1. The highest BCUT2D eigenvalue weighted by atomic mass is 32.2. The maximum absolute atomic E-state index is 12.2. The quantitative estimate of drug-likeness (QED) is 0.856. The van der Waals surface area contributed by atoms with Gasteiger partial charge >= 0.3 is 0 Å². The van der Waals surface area contributed by atoms with Crippen molar-refractivity contribution >= 4 is 28.5 Å². The largest absolute Gasteiger partial charge is 0.311 e. The highest BCUT2D eigenvalue weighted by molar-refractivity contribution is 8.14. The average Bonchev–Trinajstić information content (AvgIpc) is 3.08. The van der Waals surface area contributed by atoms with Crippen LogP contribution < -0.4 is 4.90 Å². The summed E-state index contributed by atoms with van der Waals surface area (Å²) in [6.45, 7) is 5.50. The van der Waals surface area contributed by atoms with Gasteiger partial charge in [-0.05, 0) is 43.6 Å². The van der Waals surface area contributed by atoms with Crippen molar-refractivity contribution in [3.8, 4) is 0 Å². The summed E-state index contributed by atoms with van der Waals surface area (Å²) in [6, 6.07) is 8.27. The van der Waals surface area contributed by atoms with Gasteiger partial charge in [0.25, 0.3) is 0 Å². The third-order valence-corrected chi connectivity index (χ3v) is 5.23. The molecule has 3 rings (SSSR count). The maximum Gasteiger partial charge on any atom is 0.228 e. The van der Waals surface area contributed by atoms with Crippen molar-refractivity contribution in [3.63, 3.8) is 0 Å². The molecule has 0 aromatic heterocycles. The first kappa shape index (κ1) is 15.6. The van der Waals surface area contributed by atoms with Crippen molar-refractivity contribution in [3.05, 3.63) is 29.8 Å². The second-order valence-electron chi connectivity index (χ2n) is 6.09. The lowest BCUT2D eigenvalue weighted by molar-refractivity contribution is -0.117. The summed E-state index contributed by atoms with van der Waals surface area (Å²) in [5, 5.41) is 0.176. The average molecular weight is 318 g/mol. The zero-order valence-electron chi connectivity index (χ0n) is 13.0. The Labute approximate surface area is 135 Å². The third-order valence-electron chi connectivity index (χ3n) is 4.25. The van der Waals surface area contributed by atoms with E-state index in [9.17, 15) is 9.59 Å². The molecule has 0 radical (unpaired) electrons. The second-order valence-corrected chi connectivity index (χ2v) is 7.57. The van der Waals surface area contributed by atoms with Gasteiger partial charge in [-0.15, -0.1) is 0 Å². The predicted octanol–water partition coefficient (Wildman–Crippen LogP) is 2.67. The Morgan fingerprint density at radius 3 is 2.82 bits per heavy atom. The smallest absolute Gasteiger partial charge is 0.228 e. The van der Waals surface area contributed by atoms with Gasteiger partial charge in [0, 0.05) is 37.4 Å². The monoisotopic (exact) mass is 318 g/mol. The number of hydrogen-bond donors (Lipinski definition) is 0. The minimum Gasteiger partial charge on any atom is -0.311 e. The van der Waals surface area contributed by atoms with Crippen LogP contribution in [0.15, 0.2) is 24.3 Å². The molecule has 0 spiro atoms. The van der Waals surface area contributed by atoms with Crippen LogP contribution >= 0.6 is 11.8 Å². The summed E-state index contributed by atoms with van der Waals surface area (Å²) < 4.78 is 0. The SMILES string of the molecule is CC(=O)SC1CC(=O)N(c2cccc(CN3CCCC3)c2)C1. The van der Waals surface area contributed by atoms with Crippen LogP contribution in [-0.4, -0.2) is 40.8 Å². The number of likely N-dealkylation sites (tertiary alicyclic amines) is 1. The van der Waals surface area contributed by atoms with Gasteiger partial charge in [0.05, 0.1) is 0 Å². The van der Waals surface area contributed by atoms with Crippen LogP contribution in [0.1, 0.15) is 31.7 Å². The van der Waals surface area contributed by atoms with Gasteiger partial charge in [0.15, 0.2) is 5.12 Å². The van der Waals surface area contributed by atoms with Gasteiger partial charge in [0.2, 0.25) is 5.91 Å². The number of carbonyl (C=O) groups is 2. The van der Waals surface area contributed by atoms with Crippen LogP contribution in [0.4, 0.5) is 5.69 Å². The molecule has 1 amide bonds. The Bertz CT molecular complexity index is 570. The van der Waals surface area contributed by atoms with E-state index < -0.39 is 0 Å². The molecule has 118 valence electrons. The number of nitrogens with zero attached hydrogens (tertiary/aromatic N) is 2. The zero-order valence-corrected chi connectivity index (χ0v) is 13.8. The Morgan fingerprint density at radius 1 is 1.32 bits per heavy atom. The molecule has 2 aliphatic rings. The van der Waals surface area contributed by atoms with E-state index in [-0.39, 0.29) is 16.3 Å². The van der Waals surface area contributed by atoms with Crippen LogP contribution in [0.3, 0.4) is 0 Å². The van der Waals surface area contributed by atoms with E-state index in [4.69, 9.17) is 0 Å². The number of hydrogen-bond acceptors (Lipinski definition) is 4. The van der Waals surface area contributed by atoms with Gasteiger partial charge in [-0.25, -0.2) is 0 Å². The van der Waals surface area contributed by atoms with E-state index in [1.54, 1.807) is 6.92 Å². The fourth-order valence-electron chi connectivity index (χ4n) is 3.26. The standard InChI is InChI=1S/C17H22N2O2S/c1-13(20)22-16-10-17(21)19(12-16)15-6-4-5-14(9-15)11-18-7-2-3-8-18/h4-6,9,16H,2-3,7-8,10-12H2,1H3. The molecule has 2 aliphatic heterocycles. The van der Waals surface area contributed by atoms with Crippen molar-refractivity contribution in [2.45, 2.75) is 38.0 Å². The van der Waals surface area contributed by atoms with E-state index >= 15 is 0 Å². The van der Waals surface area contributed by atoms with E-state index in [2.05, 4.69) is 17.0 Å². The van der Waals surface area contributed by atoms with Crippen molar-refractivity contribution in [2.75, 3.05) is 24.5 Å². The van der Waals surface area contributed by atoms with Crippen LogP contribution in [0.5, 0.6) is 0 Å². The summed E-state index contributed by atoms with van der Waals surface area (Å²) >= 11 is 1.28. The molecule has 0 saturated carbocycles. The fraction of sp³-hybridized carbons (Fsp3) is 0.529. The molecule has 2 saturated heterocycles. The molecule has 1 atom stereocenters. The Morgan fingerprint density at radius 2 is 2.09 bits per heavy atom. The van der Waals surface area contributed by atoms with Crippen LogP contribution in [0, 0.1) is 0 Å². The van der Waals surface area contributed by atoms with Crippen molar-refractivity contribution in [2.24, 2.45) is 0 Å². The first-order chi connectivity index (χ1) is 10.6. The van der Waals surface area contributed by atoms with E-state index in [1.807, 2.05) is 17.0 Å². The predicted molar refractivity (Wildman–Crippen MR) is 90.0 cm³/mol. The summed E-state index contributed by atoms with van der Waals surface area (Å²) in [5.74, 6) is 0.122. The lowest BCUT2D eigenvalue weighted by Crippen LogP contribution is -2.25. The summed E-state index contributed by atoms with van der Waals surface area (Å²) in [7, 11) is 0. The first-order valence-electron chi connectivity index (χ1n) is 7.91. The Kier molecular flexibility index (Phi) is 4.84. The molecular formula is C17H22N2O2S. The molecule has 4 nitrogen and oxygen atoms in total. The highest BCUT2D eigenvalue weighted by Gasteiger charge is 2.31. The molecule has 1 unspecified atom stereocenters. The Balaban J connectivity index is 1.68. The number of thioether (sulfide) groups is 1. The van der Waals surface area contributed by atoms with Gasteiger partial charge < -0.3 is 4.90 Å². The molecule has 5 heteroatoms. The molecule has 2 heterocycles.